The molecule has 7 nitrogen and oxygen atoms in total. The maximum atomic E-state index is 11.2. The summed E-state index contributed by atoms with van der Waals surface area (Å²) in [6.07, 6.45) is 4.92. The van der Waals surface area contributed by atoms with Crippen molar-refractivity contribution in [1.82, 2.24) is 15.0 Å². The Balaban J connectivity index is 1.69. The van der Waals surface area contributed by atoms with E-state index < -0.39 is 9.84 Å². The van der Waals surface area contributed by atoms with Crippen molar-refractivity contribution in [2.24, 2.45) is 0 Å². The van der Waals surface area contributed by atoms with E-state index in [4.69, 9.17) is 8.94 Å². The highest BCUT2D eigenvalue weighted by molar-refractivity contribution is 7.89. The van der Waals surface area contributed by atoms with Crippen LogP contribution in [-0.4, -0.2) is 36.3 Å². The first-order chi connectivity index (χ1) is 10.0. The van der Waals surface area contributed by atoms with E-state index in [1.54, 1.807) is 6.26 Å². The molecule has 1 unspecified atom stereocenters. The number of furan rings is 1. The first kappa shape index (κ1) is 14.3. The van der Waals surface area contributed by atoms with E-state index >= 15 is 0 Å². The summed E-state index contributed by atoms with van der Waals surface area (Å²) in [5.41, 5.74) is 0. The third-order valence-electron chi connectivity index (χ3n) is 3.48. The highest BCUT2D eigenvalue weighted by Crippen LogP contribution is 2.33. The molecule has 1 atom stereocenters. The molecule has 0 bridgehead atoms. The molecular formula is C13H17N3O4S. The smallest absolute Gasteiger partial charge is 0.240 e. The Labute approximate surface area is 122 Å². The maximum Gasteiger partial charge on any atom is 0.240 e. The van der Waals surface area contributed by atoms with Gasteiger partial charge in [0.1, 0.15) is 11.5 Å². The SMILES string of the molecule is CS(=O)(=O)Cc1noc(CN2CCCC2c2ccco2)n1. The Kier molecular flexibility index (Phi) is 3.81. The van der Waals surface area contributed by atoms with Crippen molar-refractivity contribution in [2.45, 2.75) is 31.2 Å². The summed E-state index contributed by atoms with van der Waals surface area (Å²) in [7, 11) is -3.15. The Morgan fingerprint density at radius 2 is 2.33 bits per heavy atom. The molecule has 0 amide bonds. The van der Waals surface area contributed by atoms with Gasteiger partial charge in [-0.3, -0.25) is 4.90 Å². The Bertz CT molecular complexity index is 693. The van der Waals surface area contributed by atoms with E-state index in [0.717, 1.165) is 31.4 Å². The van der Waals surface area contributed by atoms with Crippen molar-refractivity contribution < 1.29 is 17.4 Å². The van der Waals surface area contributed by atoms with Gasteiger partial charge in [-0.1, -0.05) is 5.16 Å². The quantitative estimate of drug-likeness (QED) is 0.827. The molecular weight excluding hydrogens is 294 g/mol. The highest BCUT2D eigenvalue weighted by atomic mass is 32.2. The van der Waals surface area contributed by atoms with Gasteiger partial charge in [0.2, 0.25) is 5.89 Å². The summed E-state index contributed by atoms with van der Waals surface area (Å²) in [6, 6.07) is 4.06. The molecule has 0 N–H and O–H groups in total. The summed E-state index contributed by atoms with van der Waals surface area (Å²) in [5, 5.41) is 3.72. The molecule has 3 heterocycles. The van der Waals surface area contributed by atoms with Crippen LogP contribution in [0, 0.1) is 0 Å². The Morgan fingerprint density at radius 1 is 1.48 bits per heavy atom. The fraction of sp³-hybridized carbons (Fsp3) is 0.538. The van der Waals surface area contributed by atoms with Gasteiger partial charge >= 0.3 is 0 Å². The summed E-state index contributed by atoms with van der Waals surface area (Å²) in [6.45, 7) is 1.43. The van der Waals surface area contributed by atoms with Crippen LogP contribution < -0.4 is 0 Å². The minimum Gasteiger partial charge on any atom is -0.468 e. The molecule has 2 aromatic rings. The molecule has 3 rings (SSSR count). The van der Waals surface area contributed by atoms with Crippen LogP contribution in [0.2, 0.25) is 0 Å². The third kappa shape index (κ3) is 3.51. The predicted molar refractivity (Wildman–Crippen MR) is 73.9 cm³/mol. The number of hydrogen-bond acceptors (Lipinski definition) is 7. The number of hydrogen-bond donors (Lipinski definition) is 0. The van der Waals surface area contributed by atoms with Crippen LogP contribution in [-0.2, 0) is 22.1 Å². The zero-order chi connectivity index (χ0) is 14.9. The third-order valence-corrected chi connectivity index (χ3v) is 4.26. The van der Waals surface area contributed by atoms with Crippen LogP contribution in [0.5, 0.6) is 0 Å². The second-order valence-corrected chi connectivity index (χ2v) is 7.46. The van der Waals surface area contributed by atoms with Crippen LogP contribution >= 0.6 is 0 Å². The number of likely N-dealkylation sites (tertiary alicyclic amines) is 1. The summed E-state index contributed by atoms with van der Waals surface area (Å²) < 4.78 is 33.0. The van der Waals surface area contributed by atoms with E-state index in [0.29, 0.717) is 12.4 Å². The van der Waals surface area contributed by atoms with Gasteiger partial charge in [0, 0.05) is 6.26 Å². The van der Waals surface area contributed by atoms with E-state index in [2.05, 4.69) is 15.0 Å². The minimum atomic E-state index is -3.15. The molecule has 1 aliphatic heterocycles. The van der Waals surface area contributed by atoms with Crippen LogP contribution in [0.25, 0.3) is 0 Å². The molecule has 1 fully saturated rings. The van der Waals surface area contributed by atoms with Gasteiger partial charge in [-0.2, -0.15) is 4.98 Å². The Morgan fingerprint density at radius 3 is 3.05 bits per heavy atom. The predicted octanol–water partition coefficient (Wildman–Crippen LogP) is 1.54. The van der Waals surface area contributed by atoms with E-state index in [9.17, 15) is 8.42 Å². The Hall–Kier alpha value is -1.67. The minimum absolute atomic E-state index is 0.196. The molecule has 1 saturated heterocycles. The molecule has 0 spiro atoms. The van der Waals surface area contributed by atoms with Gasteiger partial charge in [-0.15, -0.1) is 0 Å². The lowest BCUT2D eigenvalue weighted by atomic mass is 10.2. The average Bonchev–Trinajstić information content (AvgIpc) is 3.08. The van der Waals surface area contributed by atoms with Crippen molar-refractivity contribution in [1.29, 1.82) is 0 Å². The molecule has 0 aromatic carbocycles. The van der Waals surface area contributed by atoms with Crippen LogP contribution in [0.1, 0.15) is 36.4 Å². The number of aromatic nitrogens is 2. The molecule has 2 aromatic heterocycles. The van der Waals surface area contributed by atoms with Crippen molar-refractivity contribution in [2.75, 3.05) is 12.8 Å². The molecule has 21 heavy (non-hydrogen) atoms. The molecule has 1 aliphatic rings. The summed E-state index contributed by atoms with van der Waals surface area (Å²) in [5.74, 6) is 1.38. The van der Waals surface area contributed by atoms with Crippen molar-refractivity contribution in [3.8, 4) is 0 Å². The number of rotatable bonds is 5. The summed E-state index contributed by atoms with van der Waals surface area (Å²) in [4.78, 5) is 6.35. The van der Waals surface area contributed by atoms with Gasteiger partial charge in [0.15, 0.2) is 15.7 Å². The second-order valence-electron chi connectivity index (χ2n) is 5.32. The van der Waals surface area contributed by atoms with Crippen LogP contribution in [0.15, 0.2) is 27.3 Å². The zero-order valence-electron chi connectivity index (χ0n) is 11.7. The molecule has 0 radical (unpaired) electrons. The van der Waals surface area contributed by atoms with E-state index in [1.807, 2.05) is 12.1 Å². The normalized spacial score (nSPS) is 20.1. The van der Waals surface area contributed by atoms with Gasteiger partial charge < -0.3 is 8.94 Å². The standard InChI is InChI=1S/C13H17N3O4S/c1-21(17,18)9-12-14-13(20-15-12)8-16-6-2-4-10(16)11-5-3-7-19-11/h3,5,7,10H,2,4,6,8-9H2,1H3. The molecule has 0 saturated carbocycles. The van der Waals surface area contributed by atoms with Gasteiger partial charge in [-0.25, -0.2) is 8.42 Å². The van der Waals surface area contributed by atoms with Crippen LogP contribution in [0.3, 0.4) is 0 Å². The first-order valence-electron chi connectivity index (χ1n) is 6.78. The largest absolute Gasteiger partial charge is 0.468 e. The van der Waals surface area contributed by atoms with Gasteiger partial charge in [-0.05, 0) is 31.5 Å². The topological polar surface area (TPSA) is 89.4 Å². The lowest BCUT2D eigenvalue weighted by Gasteiger charge is -2.20. The monoisotopic (exact) mass is 311 g/mol. The fourth-order valence-electron chi connectivity index (χ4n) is 2.64. The first-order valence-corrected chi connectivity index (χ1v) is 8.84. The van der Waals surface area contributed by atoms with Crippen molar-refractivity contribution in [3.05, 3.63) is 35.9 Å². The maximum absolute atomic E-state index is 11.2. The lowest BCUT2D eigenvalue weighted by molar-refractivity contribution is 0.193. The van der Waals surface area contributed by atoms with Crippen LogP contribution in [0.4, 0.5) is 0 Å². The number of nitrogens with zero attached hydrogens (tertiary/aromatic N) is 3. The molecule has 8 heteroatoms. The lowest BCUT2D eigenvalue weighted by Crippen LogP contribution is -2.22. The van der Waals surface area contributed by atoms with Gasteiger partial charge in [0.25, 0.3) is 0 Å². The van der Waals surface area contributed by atoms with Gasteiger partial charge in [0.05, 0.1) is 18.8 Å². The zero-order valence-corrected chi connectivity index (χ0v) is 12.5. The summed E-state index contributed by atoms with van der Waals surface area (Å²) >= 11 is 0. The highest BCUT2D eigenvalue weighted by Gasteiger charge is 2.29. The van der Waals surface area contributed by atoms with E-state index in [1.165, 1.54) is 0 Å². The van der Waals surface area contributed by atoms with Crippen molar-refractivity contribution >= 4 is 9.84 Å². The average molecular weight is 311 g/mol. The molecule has 0 aliphatic carbocycles. The number of sulfone groups is 1. The second kappa shape index (κ2) is 5.61. The molecule has 114 valence electrons. The van der Waals surface area contributed by atoms with E-state index in [-0.39, 0.29) is 17.6 Å². The fourth-order valence-corrected chi connectivity index (χ4v) is 3.23. The van der Waals surface area contributed by atoms with Crippen molar-refractivity contribution in [3.63, 3.8) is 0 Å².